The molecule has 4 nitrogen and oxygen atoms in total. The largest absolute Gasteiger partial charge is 0.384 e. The molecular weight excluding hydrogens is 290 g/mol. The van der Waals surface area contributed by atoms with Gasteiger partial charge in [-0.3, -0.25) is 14.9 Å². The highest BCUT2D eigenvalue weighted by atomic mass is 35.5. The van der Waals surface area contributed by atoms with Crippen LogP contribution in [-0.4, -0.2) is 25.5 Å². The van der Waals surface area contributed by atoms with Crippen molar-refractivity contribution in [2.75, 3.05) is 13.7 Å². The molecule has 1 aromatic rings. The van der Waals surface area contributed by atoms with Crippen molar-refractivity contribution in [1.29, 1.82) is 0 Å². The molecule has 1 heterocycles. The summed E-state index contributed by atoms with van der Waals surface area (Å²) in [5.41, 5.74) is 0.261. The van der Waals surface area contributed by atoms with E-state index in [9.17, 15) is 9.59 Å². The molecule has 0 spiro atoms. The smallest absolute Gasteiger partial charge is 0.234 e. The molecule has 21 heavy (non-hydrogen) atoms. The van der Waals surface area contributed by atoms with E-state index < -0.39 is 11.3 Å². The van der Waals surface area contributed by atoms with E-state index in [1.165, 1.54) is 0 Å². The molecule has 0 radical (unpaired) electrons. The van der Waals surface area contributed by atoms with E-state index in [1.54, 1.807) is 19.2 Å². The highest BCUT2D eigenvalue weighted by molar-refractivity contribution is 6.30. The highest BCUT2D eigenvalue weighted by Crippen LogP contribution is 2.47. The Morgan fingerprint density at radius 3 is 2.71 bits per heavy atom. The molecule has 5 heteroatoms. The summed E-state index contributed by atoms with van der Waals surface area (Å²) in [5.74, 6) is -0.867. The summed E-state index contributed by atoms with van der Waals surface area (Å²) >= 11 is 6.06. The summed E-state index contributed by atoms with van der Waals surface area (Å²) in [4.78, 5) is 24.4. The normalized spacial score (nSPS) is 26.0. The first-order valence-corrected chi connectivity index (χ1v) is 7.36. The zero-order chi connectivity index (χ0) is 15.6. The first-order valence-electron chi connectivity index (χ1n) is 6.99. The molecule has 1 aliphatic heterocycles. The average Bonchev–Trinajstić information content (AvgIpc) is 2.37. The predicted molar refractivity (Wildman–Crippen MR) is 81.1 cm³/mol. The minimum Gasteiger partial charge on any atom is -0.384 e. The van der Waals surface area contributed by atoms with E-state index in [0.29, 0.717) is 11.6 Å². The third-order valence-corrected chi connectivity index (χ3v) is 4.57. The number of nitrogens with one attached hydrogen (secondary N) is 1. The zero-order valence-electron chi connectivity index (χ0n) is 12.5. The number of halogens is 1. The van der Waals surface area contributed by atoms with Gasteiger partial charge < -0.3 is 4.74 Å². The molecule has 0 aromatic heterocycles. The first-order chi connectivity index (χ1) is 9.90. The van der Waals surface area contributed by atoms with Crippen molar-refractivity contribution in [2.45, 2.75) is 26.2 Å². The van der Waals surface area contributed by atoms with Gasteiger partial charge in [-0.2, -0.15) is 0 Å². The fourth-order valence-electron chi connectivity index (χ4n) is 3.19. The Bertz CT molecular complexity index is 558. The number of rotatable bonds is 4. The van der Waals surface area contributed by atoms with Crippen molar-refractivity contribution >= 4 is 23.4 Å². The van der Waals surface area contributed by atoms with Crippen molar-refractivity contribution in [2.24, 2.45) is 11.3 Å². The molecule has 114 valence electrons. The maximum atomic E-state index is 12.5. The van der Waals surface area contributed by atoms with Crippen LogP contribution in [0.2, 0.25) is 5.02 Å². The van der Waals surface area contributed by atoms with E-state index in [0.717, 1.165) is 5.56 Å². The Hall–Kier alpha value is -1.39. The van der Waals surface area contributed by atoms with Crippen LogP contribution in [0, 0.1) is 11.3 Å². The summed E-state index contributed by atoms with van der Waals surface area (Å²) < 4.78 is 5.36. The molecule has 2 rings (SSSR count). The van der Waals surface area contributed by atoms with E-state index >= 15 is 0 Å². The number of hydrogen-bond acceptors (Lipinski definition) is 3. The summed E-state index contributed by atoms with van der Waals surface area (Å²) in [6, 6.07) is 7.25. The molecule has 1 fully saturated rings. The van der Waals surface area contributed by atoms with Crippen LogP contribution in [0.25, 0.3) is 0 Å². The Labute approximate surface area is 129 Å². The lowest BCUT2D eigenvalue weighted by Crippen LogP contribution is -2.54. The lowest BCUT2D eigenvalue weighted by molar-refractivity contribution is -0.145. The fourth-order valence-corrected chi connectivity index (χ4v) is 3.39. The topological polar surface area (TPSA) is 55.4 Å². The van der Waals surface area contributed by atoms with E-state index in [2.05, 4.69) is 5.32 Å². The lowest BCUT2D eigenvalue weighted by Gasteiger charge is -2.45. The molecule has 1 N–H and O–H groups in total. The second kappa shape index (κ2) is 6.16. The Morgan fingerprint density at radius 1 is 1.43 bits per heavy atom. The average molecular weight is 310 g/mol. The van der Waals surface area contributed by atoms with E-state index in [4.69, 9.17) is 16.3 Å². The Morgan fingerprint density at radius 2 is 2.14 bits per heavy atom. The maximum absolute atomic E-state index is 12.5. The predicted octanol–water partition coefficient (Wildman–Crippen LogP) is 2.76. The number of carbonyl (C=O) groups is 2. The fraction of sp³-hybridized carbons (Fsp3) is 0.500. The molecule has 1 aromatic carbocycles. The van der Waals surface area contributed by atoms with Gasteiger partial charge in [-0.1, -0.05) is 37.6 Å². The van der Waals surface area contributed by atoms with Gasteiger partial charge in [0.15, 0.2) is 0 Å². The molecular formula is C16H20ClNO3. The van der Waals surface area contributed by atoms with Crippen LogP contribution < -0.4 is 5.32 Å². The van der Waals surface area contributed by atoms with Gasteiger partial charge in [0.05, 0.1) is 12.5 Å². The summed E-state index contributed by atoms with van der Waals surface area (Å²) in [5, 5.41) is 3.02. The number of benzene rings is 1. The number of imide groups is 1. The monoisotopic (exact) mass is 309 g/mol. The van der Waals surface area contributed by atoms with Crippen LogP contribution in [0.3, 0.4) is 0 Å². The van der Waals surface area contributed by atoms with Crippen LogP contribution in [0.4, 0.5) is 0 Å². The quantitative estimate of drug-likeness (QED) is 0.870. The van der Waals surface area contributed by atoms with Crippen molar-refractivity contribution in [3.05, 3.63) is 34.9 Å². The van der Waals surface area contributed by atoms with Crippen LogP contribution in [0.5, 0.6) is 0 Å². The molecule has 0 bridgehead atoms. The van der Waals surface area contributed by atoms with Crippen molar-refractivity contribution in [1.82, 2.24) is 5.32 Å². The highest BCUT2D eigenvalue weighted by Gasteiger charge is 2.51. The van der Waals surface area contributed by atoms with Gasteiger partial charge >= 0.3 is 0 Å². The van der Waals surface area contributed by atoms with Gasteiger partial charge in [0.25, 0.3) is 0 Å². The maximum Gasteiger partial charge on any atom is 0.234 e. The number of carbonyl (C=O) groups excluding carboxylic acids is 2. The van der Waals surface area contributed by atoms with Gasteiger partial charge in [-0.15, -0.1) is 0 Å². The Kier molecular flexibility index (Phi) is 4.69. The van der Waals surface area contributed by atoms with Crippen LogP contribution in [0.1, 0.15) is 31.7 Å². The SMILES string of the molecule is COCC1(C(C)C)CC(=O)NC(=O)C1c1cccc(Cl)c1. The van der Waals surface area contributed by atoms with Crippen molar-refractivity contribution in [3.8, 4) is 0 Å². The van der Waals surface area contributed by atoms with Gasteiger partial charge in [-0.05, 0) is 23.6 Å². The van der Waals surface area contributed by atoms with Crippen molar-refractivity contribution in [3.63, 3.8) is 0 Å². The number of hydrogen-bond donors (Lipinski definition) is 1. The van der Waals surface area contributed by atoms with Crippen LogP contribution in [-0.2, 0) is 14.3 Å². The van der Waals surface area contributed by atoms with E-state index in [1.807, 2.05) is 26.0 Å². The van der Waals surface area contributed by atoms with Crippen LogP contribution >= 0.6 is 11.6 Å². The van der Waals surface area contributed by atoms with Gasteiger partial charge in [0.2, 0.25) is 11.8 Å². The molecule has 1 aliphatic rings. The van der Waals surface area contributed by atoms with Gasteiger partial charge in [0, 0.05) is 24.0 Å². The molecule has 2 unspecified atom stereocenters. The molecule has 2 atom stereocenters. The standard InChI is InChI=1S/C16H20ClNO3/c1-10(2)16(9-21-3)8-13(19)18-15(20)14(16)11-5-4-6-12(17)7-11/h4-7,10,14H,8-9H2,1-3H3,(H,18,19,20). The summed E-state index contributed by atoms with van der Waals surface area (Å²) in [6.07, 6.45) is 0.265. The summed E-state index contributed by atoms with van der Waals surface area (Å²) in [7, 11) is 1.59. The molecule has 0 saturated carbocycles. The minimum absolute atomic E-state index is 0.108. The number of amides is 2. The van der Waals surface area contributed by atoms with Gasteiger partial charge in [-0.25, -0.2) is 0 Å². The second-order valence-electron chi connectivity index (χ2n) is 5.90. The first kappa shape index (κ1) is 16.0. The molecule has 0 aliphatic carbocycles. The van der Waals surface area contributed by atoms with Crippen LogP contribution in [0.15, 0.2) is 24.3 Å². The number of piperidine rings is 1. The molecule has 1 saturated heterocycles. The zero-order valence-corrected chi connectivity index (χ0v) is 13.2. The third-order valence-electron chi connectivity index (χ3n) is 4.33. The minimum atomic E-state index is -0.557. The Balaban J connectivity index is 2.55. The second-order valence-corrected chi connectivity index (χ2v) is 6.33. The van der Waals surface area contributed by atoms with E-state index in [-0.39, 0.29) is 24.2 Å². The summed E-state index contributed by atoms with van der Waals surface area (Å²) in [6.45, 7) is 4.38. The molecule has 2 amide bonds. The lowest BCUT2D eigenvalue weighted by atomic mass is 9.61. The third kappa shape index (κ3) is 2.97. The number of methoxy groups -OCH3 is 1. The number of ether oxygens (including phenoxy) is 1. The van der Waals surface area contributed by atoms with Crippen molar-refractivity contribution < 1.29 is 14.3 Å². The van der Waals surface area contributed by atoms with Gasteiger partial charge in [0.1, 0.15) is 0 Å².